The number of likely N-dealkylation sites (tertiary alicyclic amines) is 1. The van der Waals surface area contributed by atoms with Gasteiger partial charge in [0.1, 0.15) is 11.6 Å². The Morgan fingerprint density at radius 1 is 1.15 bits per heavy atom. The van der Waals surface area contributed by atoms with Crippen LogP contribution in [0.1, 0.15) is 12.0 Å². The van der Waals surface area contributed by atoms with Crippen LogP contribution in [0, 0.1) is 0 Å². The van der Waals surface area contributed by atoms with Crippen molar-refractivity contribution in [3.8, 4) is 5.75 Å². The number of anilines is 2. The Kier molecular flexibility index (Phi) is 9.64. The molecular formula is C22H25BrCl2F3N5O. The molecule has 0 radical (unpaired) electrons. The lowest BCUT2D eigenvalue weighted by Crippen LogP contribution is -2.27. The first-order chi connectivity index (χ1) is 15.2. The molecule has 1 N–H and O–H groups in total. The number of aromatic nitrogens is 2. The summed E-state index contributed by atoms with van der Waals surface area (Å²) >= 11 is 3.21. The van der Waals surface area contributed by atoms with Crippen LogP contribution in [0.5, 0.6) is 5.75 Å². The summed E-state index contributed by atoms with van der Waals surface area (Å²) in [6.07, 6.45) is -3.90. The van der Waals surface area contributed by atoms with Gasteiger partial charge in [-0.25, -0.2) is 4.98 Å². The Labute approximate surface area is 216 Å². The van der Waals surface area contributed by atoms with Gasteiger partial charge in [0.25, 0.3) is 0 Å². The van der Waals surface area contributed by atoms with E-state index in [1.165, 1.54) is 6.07 Å². The van der Waals surface area contributed by atoms with Crippen LogP contribution in [0.25, 0.3) is 10.9 Å². The van der Waals surface area contributed by atoms with Crippen LogP contribution in [0.3, 0.4) is 0 Å². The second-order valence-corrected chi connectivity index (χ2v) is 8.86. The number of nitrogens with one attached hydrogen (secondary N) is 1. The van der Waals surface area contributed by atoms with Crippen LogP contribution in [0.4, 0.5) is 24.9 Å². The van der Waals surface area contributed by atoms with Crippen molar-refractivity contribution in [2.45, 2.75) is 25.4 Å². The van der Waals surface area contributed by atoms with E-state index >= 15 is 0 Å². The summed E-state index contributed by atoms with van der Waals surface area (Å²) in [5.41, 5.74) is 1.34. The Bertz CT molecular complexity index is 1120. The highest BCUT2D eigenvalue weighted by Crippen LogP contribution is 2.31. The quantitative estimate of drug-likeness (QED) is 0.391. The van der Waals surface area contributed by atoms with Crippen LogP contribution in [0.2, 0.25) is 0 Å². The molecule has 0 spiro atoms. The van der Waals surface area contributed by atoms with Crippen LogP contribution in [-0.2, 0) is 6.54 Å². The molecule has 3 aromatic rings. The number of fused-ring (bicyclic) bond motifs is 1. The number of ether oxygens (including phenoxy) is 1. The van der Waals surface area contributed by atoms with Crippen molar-refractivity contribution in [2.75, 3.05) is 37.4 Å². The number of benzene rings is 2. The number of para-hydroxylation sites is 1. The molecule has 1 unspecified atom stereocenters. The third kappa shape index (κ3) is 7.00. The van der Waals surface area contributed by atoms with Gasteiger partial charge in [0.2, 0.25) is 5.95 Å². The van der Waals surface area contributed by atoms with Gasteiger partial charge in [-0.05, 0) is 30.7 Å². The highest BCUT2D eigenvalue weighted by Gasteiger charge is 2.33. The van der Waals surface area contributed by atoms with Gasteiger partial charge in [-0.3, -0.25) is 4.90 Å². The molecule has 186 valence electrons. The molecule has 1 aliphatic rings. The van der Waals surface area contributed by atoms with Crippen molar-refractivity contribution in [3.63, 3.8) is 0 Å². The van der Waals surface area contributed by atoms with E-state index in [1.54, 1.807) is 12.1 Å². The number of alkyl halides is 3. The standard InChI is InChI=1S/C22H23BrF3N5O.2ClH/c1-30(2)20-17-5-3-4-6-18(17)28-21(29-20)27-16-9-10-31(13-16)12-14-7-8-15(23)11-19(14)32-22(24,25)26;;/h3-8,11,16H,9-10,12-13H2,1-2H3,(H,27,28,29);2*1H. The van der Waals surface area contributed by atoms with Crippen molar-refractivity contribution < 1.29 is 17.9 Å². The molecule has 1 fully saturated rings. The van der Waals surface area contributed by atoms with E-state index in [2.05, 4.69) is 40.9 Å². The average Bonchev–Trinajstić information content (AvgIpc) is 3.15. The van der Waals surface area contributed by atoms with Crippen molar-refractivity contribution in [1.29, 1.82) is 0 Å². The van der Waals surface area contributed by atoms with E-state index in [0.717, 1.165) is 29.7 Å². The maximum atomic E-state index is 12.8. The van der Waals surface area contributed by atoms with Gasteiger partial charge in [0.15, 0.2) is 0 Å². The molecule has 0 bridgehead atoms. The molecule has 4 rings (SSSR count). The monoisotopic (exact) mass is 581 g/mol. The molecule has 34 heavy (non-hydrogen) atoms. The topological polar surface area (TPSA) is 53.5 Å². The lowest BCUT2D eigenvalue weighted by molar-refractivity contribution is -0.275. The fraction of sp³-hybridized carbons (Fsp3) is 0.364. The van der Waals surface area contributed by atoms with Gasteiger partial charge in [-0.1, -0.05) is 34.1 Å². The number of nitrogens with zero attached hydrogens (tertiary/aromatic N) is 4. The highest BCUT2D eigenvalue weighted by molar-refractivity contribution is 9.10. The number of rotatable bonds is 6. The van der Waals surface area contributed by atoms with E-state index in [-0.39, 0.29) is 36.6 Å². The maximum absolute atomic E-state index is 12.8. The zero-order chi connectivity index (χ0) is 22.9. The molecule has 0 amide bonds. The predicted octanol–water partition coefficient (Wildman–Crippen LogP) is 5.89. The molecule has 1 atom stereocenters. The number of hydrogen-bond acceptors (Lipinski definition) is 6. The van der Waals surface area contributed by atoms with Gasteiger partial charge < -0.3 is 15.0 Å². The Morgan fingerprint density at radius 3 is 2.59 bits per heavy atom. The second kappa shape index (κ2) is 11.6. The molecular weight excluding hydrogens is 558 g/mol. The highest BCUT2D eigenvalue weighted by atomic mass is 79.9. The van der Waals surface area contributed by atoms with Gasteiger partial charge in [0.05, 0.1) is 5.52 Å². The van der Waals surface area contributed by atoms with E-state index in [9.17, 15) is 13.2 Å². The third-order valence-corrected chi connectivity index (χ3v) is 5.75. The van der Waals surface area contributed by atoms with Crippen LogP contribution < -0.4 is 15.0 Å². The molecule has 1 saturated heterocycles. The van der Waals surface area contributed by atoms with Crippen molar-refractivity contribution in [3.05, 3.63) is 52.5 Å². The fourth-order valence-corrected chi connectivity index (χ4v) is 4.20. The fourth-order valence-electron chi connectivity index (χ4n) is 3.86. The zero-order valence-electron chi connectivity index (χ0n) is 18.5. The summed E-state index contributed by atoms with van der Waals surface area (Å²) in [7, 11) is 3.88. The Hall–Kier alpha value is -2.01. The SMILES string of the molecule is CN(C)c1nc(NC2CCN(Cc3ccc(Br)cc3OC(F)(F)F)C2)nc2ccccc12.Cl.Cl. The van der Waals surface area contributed by atoms with Crippen LogP contribution in [0.15, 0.2) is 46.9 Å². The van der Waals surface area contributed by atoms with Crippen molar-refractivity contribution >= 4 is 63.4 Å². The summed E-state index contributed by atoms with van der Waals surface area (Å²) in [5.74, 6) is 1.19. The van der Waals surface area contributed by atoms with E-state index in [0.29, 0.717) is 29.1 Å². The van der Waals surface area contributed by atoms with Gasteiger partial charge in [-0.2, -0.15) is 4.98 Å². The molecule has 2 heterocycles. The first-order valence-electron chi connectivity index (χ1n) is 10.1. The first-order valence-corrected chi connectivity index (χ1v) is 10.9. The summed E-state index contributed by atoms with van der Waals surface area (Å²) in [6.45, 7) is 1.76. The summed E-state index contributed by atoms with van der Waals surface area (Å²) < 4.78 is 43.1. The van der Waals surface area contributed by atoms with Crippen molar-refractivity contribution in [2.24, 2.45) is 0 Å². The normalized spacial score (nSPS) is 16.0. The van der Waals surface area contributed by atoms with E-state index in [4.69, 9.17) is 0 Å². The molecule has 1 aliphatic heterocycles. The van der Waals surface area contributed by atoms with Gasteiger partial charge >= 0.3 is 6.36 Å². The summed E-state index contributed by atoms with van der Waals surface area (Å²) in [5, 5.41) is 4.37. The van der Waals surface area contributed by atoms with Crippen LogP contribution >= 0.6 is 40.7 Å². The molecule has 12 heteroatoms. The average molecular weight is 583 g/mol. The molecule has 2 aromatic carbocycles. The van der Waals surface area contributed by atoms with Crippen LogP contribution in [-0.4, -0.2) is 54.5 Å². The molecule has 6 nitrogen and oxygen atoms in total. The zero-order valence-corrected chi connectivity index (χ0v) is 21.7. The third-order valence-electron chi connectivity index (χ3n) is 5.26. The Balaban J connectivity index is 0.00000204. The largest absolute Gasteiger partial charge is 0.573 e. The van der Waals surface area contributed by atoms with E-state index < -0.39 is 6.36 Å². The van der Waals surface area contributed by atoms with Gasteiger partial charge in [0, 0.05) is 55.2 Å². The predicted molar refractivity (Wildman–Crippen MR) is 136 cm³/mol. The van der Waals surface area contributed by atoms with Gasteiger partial charge in [-0.15, -0.1) is 38.0 Å². The number of halogens is 6. The second-order valence-electron chi connectivity index (χ2n) is 7.95. The van der Waals surface area contributed by atoms with E-state index in [1.807, 2.05) is 43.3 Å². The molecule has 0 aliphatic carbocycles. The lowest BCUT2D eigenvalue weighted by Gasteiger charge is -2.20. The lowest BCUT2D eigenvalue weighted by atomic mass is 10.2. The maximum Gasteiger partial charge on any atom is 0.573 e. The minimum Gasteiger partial charge on any atom is -0.405 e. The molecule has 1 aromatic heterocycles. The smallest absolute Gasteiger partial charge is 0.405 e. The molecule has 0 saturated carbocycles. The summed E-state index contributed by atoms with van der Waals surface area (Å²) in [4.78, 5) is 13.4. The number of hydrogen-bond donors (Lipinski definition) is 1. The summed E-state index contributed by atoms with van der Waals surface area (Å²) in [6, 6.07) is 12.6. The Morgan fingerprint density at radius 2 is 1.88 bits per heavy atom. The minimum absolute atomic E-state index is 0. The van der Waals surface area contributed by atoms with Crippen molar-refractivity contribution in [1.82, 2.24) is 14.9 Å². The minimum atomic E-state index is -4.73. The first kappa shape index (κ1) is 28.2.